The maximum atomic E-state index is 12.8. The van der Waals surface area contributed by atoms with E-state index in [9.17, 15) is 9.59 Å². The molecular formula is C16H18N2O3. The highest BCUT2D eigenvalue weighted by molar-refractivity contribution is 6.08. The van der Waals surface area contributed by atoms with Gasteiger partial charge in [0, 0.05) is 29.7 Å². The number of nitrogens with one attached hydrogen (secondary N) is 1. The maximum absolute atomic E-state index is 12.8. The first-order valence-corrected chi connectivity index (χ1v) is 7.17. The van der Waals surface area contributed by atoms with E-state index >= 15 is 0 Å². The molecule has 5 heteroatoms. The van der Waals surface area contributed by atoms with Gasteiger partial charge in [-0.1, -0.05) is 18.2 Å². The number of aliphatic carboxylic acids is 1. The summed E-state index contributed by atoms with van der Waals surface area (Å²) >= 11 is 0. The molecule has 2 heterocycles. The third-order valence-corrected chi connectivity index (χ3v) is 4.17. The van der Waals surface area contributed by atoms with E-state index in [2.05, 4.69) is 4.98 Å². The third kappa shape index (κ3) is 2.39. The summed E-state index contributed by atoms with van der Waals surface area (Å²) in [4.78, 5) is 28.8. The molecule has 1 saturated heterocycles. The van der Waals surface area contributed by atoms with Gasteiger partial charge in [0.05, 0.1) is 11.5 Å². The molecule has 2 N–H and O–H groups in total. The first-order chi connectivity index (χ1) is 10.1. The molecule has 1 atom stereocenters. The molecule has 3 rings (SSSR count). The van der Waals surface area contributed by atoms with Crippen LogP contribution >= 0.6 is 0 Å². The average Bonchev–Trinajstić information content (AvgIpc) is 2.82. The number of nitrogens with zero attached hydrogens (tertiary/aromatic N) is 1. The Morgan fingerprint density at radius 2 is 2.10 bits per heavy atom. The number of aromatic amines is 1. The lowest BCUT2D eigenvalue weighted by molar-refractivity contribution is -0.143. The van der Waals surface area contributed by atoms with Crippen LogP contribution in [0.15, 0.2) is 24.3 Å². The van der Waals surface area contributed by atoms with E-state index in [-0.39, 0.29) is 5.91 Å². The maximum Gasteiger partial charge on any atom is 0.308 e. The van der Waals surface area contributed by atoms with Crippen molar-refractivity contribution in [2.75, 3.05) is 13.1 Å². The van der Waals surface area contributed by atoms with Crippen LogP contribution in [0.1, 0.15) is 28.9 Å². The predicted molar refractivity (Wildman–Crippen MR) is 79.3 cm³/mol. The van der Waals surface area contributed by atoms with Gasteiger partial charge in [-0.2, -0.15) is 0 Å². The molecule has 1 fully saturated rings. The number of amides is 1. The van der Waals surface area contributed by atoms with Gasteiger partial charge >= 0.3 is 5.97 Å². The number of carbonyl (C=O) groups excluding carboxylic acids is 1. The fraction of sp³-hybridized carbons (Fsp3) is 0.375. The molecule has 1 aromatic carbocycles. The number of carbonyl (C=O) groups is 2. The number of likely N-dealkylation sites (tertiary alicyclic amines) is 1. The van der Waals surface area contributed by atoms with Crippen LogP contribution in [0, 0.1) is 12.8 Å². The Bertz CT molecular complexity index is 705. The zero-order valence-electron chi connectivity index (χ0n) is 11.9. The Kier molecular flexibility index (Phi) is 3.41. The number of aromatic nitrogens is 1. The van der Waals surface area contributed by atoms with Crippen molar-refractivity contribution in [2.24, 2.45) is 5.92 Å². The van der Waals surface area contributed by atoms with Crippen molar-refractivity contribution < 1.29 is 14.7 Å². The molecule has 0 radical (unpaired) electrons. The molecule has 1 aromatic heterocycles. The zero-order valence-corrected chi connectivity index (χ0v) is 11.9. The molecule has 1 amide bonds. The minimum atomic E-state index is -0.817. The molecule has 21 heavy (non-hydrogen) atoms. The largest absolute Gasteiger partial charge is 0.481 e. The molecule has 1 aliphatic heterocycles. The average molecular weight is 286 g/mol. The van der Waals surface area contributed by atoms with Crippen LogP contribution in [0.5, 0.6) is 0 Å². The van der Waals surface area contributed by atoms with E-state index in [0.29, 0.717) is 25.1 Å². The van der Waals surface area contributed by atoms with Crippen LogP contribution in [-0.2, 0) is 4.79 Å². The van der Waals surface area contributed by atoms with Gasteiger partial charge in [-0.05, 0) is 25.8 Å². The Morgan fingerprint density at radius 1 is 1.33 bits per heavy atom. The summed E-state index contributed by atoms with van der Waals surface area (Å²) in [5, 5.41) is 10.1. The van der Waals surface area contributed by atoms with E-state index in [1.807, 2.05) is 31.2 Å². The van der Waals surface area contributed by atoms with E-state index in [1.54, 1.807) is 4.90 Å². The smallest absolute Gasteiger partial charge is 0.308 e. The number of carboxylic acid groups (broad SMARTS) is 1. The van der Waals surface area contributed by atoms with Gasteiger partial charge in [-0.25, -0.2) is 0 Å². The number of H-pyrrole nitrogens is 1. The van der Waals surface area contributed by atoms with E-state index in [1.165, 1.54) is 0 Å². The monoisotopic (exact) mass is 286 g/mol. The van der Waals surface area contributed by atoms with E-state index in [4.69, 9.17) is 5.11 Å². The van der Waals surface area contributed by atoms with Crippen LogP contribution in [0.25, 0.3) is 10.9 Å². The fourth-order valence-corrected chi connectivity index (χ4v) is 3.07. The number of fused-ring (bicyclic) bond motifs is 1. The lowest BCUT2D eigenvalue weighted by Gasteiger charge is -2.30. The Balaban J connectivity index is 1.93. The number of hydrogen-bond acceptors (Lipinski definition) is 2. The van der Waals surface area contributed by atoms with E-state index in [0.717, 1.165) is 23.0 Å². The minimum absolute atomic E-state index is 0.0732. The highest BCUT2D eigenvalue weighted by Gasteiger charge is 2.30. The second kappa shape index (κ2) is 5.24. The normalized spacial score (nSPS) is 18.9. The molecule has 0 unspecified atom stereocenters. The molecule has 0 bridgehead atoms. The van der Waals surface area contributed by atoms with Crippen molar-refractivity contribution in [1.82, 2.24) is 9.88 Å². The Hall–Kier alpha value is -2.30. The third-order valence-electron chi connectivity index (χ3n) is 4.17. The molecule has 5 nitrogen and oxygen atoms in total. The van der Waals surface area contributed by atoms with Crippen molar-refractivity contribution in [2.45, 2.75) is 19.8 Å². The summed E-state index contributed by atoms with van der Waals surface area (Å²) in [6.45, 7) is 2.81. The first-order valence-electron chi connectivity index (χ1n) is 7.17. The highest BCUT2D eigenvalue weighted by Crippen LogP contribution is 2.25. The predicted octanol–water partition coefficient (Wildman–Crippen LogP) is 2.41. The molecule has 1 aliphatic rings. The van der Waals surface area contributed by atoms with Gasteiger partial charge in [-0.15, -0.1) is 0 Å². The Morgan fingerprint density at radius 3 is 2.86 bits per heavy atom. The number of piperidine rings is 1. The standard InChI is InChI=1S/C16H18N2O3/c1-10-14(12-6-2-3-7-13(12)17-10)15(19)18-8-4-5-11(9-18)16(20)21/h2-3,6-7,11,17H,4-5,8-9H2,1H3,(H,20,21)/t11-/m1/s1. The summed E-state index contributed by atoms with van der Waals surface area (Å²) < 4.78 is 0. The van der Waals surface area contributed by atoms with Gasteiger partial charge < -0.3 is 15.0 Å². The van der Waals surface area contributed by atoms with Crippen molar-refractivity contribution >= 4 is 22.8 Å². The second-order valence-corrected chi connectivity index (χ2v) is 5.60. The summed E-state index contributed by atoms with van der Waals surface area (Å²) in [5.74, 6) is -1.34. The zero-order chi connectivity index (χ0) is 15.0. The van der Waals surface area contributed by atoms with Gasteiger partial charge in [0.25, 0.3) is 5.91 Å². The summed E-state index contributed by atoms with van der Waals surface area (Å²) in [6.07, 6.45) is 1.39. The second-order valence-electron chi connectivity index (χ2n) is 5.60. The van der Waals surface area contributed by atoms with Crippen LogP contribution in [0.4, 0.5) is 0 Å². The van der Waals surface area contributed by atoms with Gasteiger partial charge in [0.1, 0.15) is 0 Å². The van der Waals surface area contributed by atoms with Crippen LogP contribution in [0.3, 0.4) is 0 Å². The number of aryl methyl sites for hydroxylation is 1. The SMILES string of the molecule is Cc1[nH]c2ccccc2c1C(=O)N1CCC[C@@H](C(=O)O)C1. The number of para-hydroxylation sites is 1. The van der Waals surface area contributed by atoms with Crippen LogP contribution < -0.4 is 0 Å². The van der Waals surface area contributed by atoms with Crippen molar-refractivity contribution in [3.8, 4) is 0 Å². The minimum Gasteiger partial charge on any atom is -0.481 e. The van der Waals surface area contributed by atoms with E-state index < -0.39 is 11.9 Å². The fourth-order valence-electron chi connectivity index (χ4n) is 3.07. The molecule has 2 aromatic rings. The topological polar surface area (TPSA) is 73.4 Å². The van der Waals surface area contributed by atoms with Gasteiger partial charge in [0.15, 0.2) is 0 Å². The van der Waals surface area contributed by atoms with Crippen LogP contribution in [-0.4, -0.2) is 40.0 Å². The quantitative estimate of drug-likeness (QED) is 0.890. The summed E-state index contributed by atoms with van der Waals surface area (Å²) in [7, 11) is 0. The van der Waals surface area contributed by atoms with Crippen molar-refractivity contribution in [1.29, 1.82) is 0 Å². The number of benzene rings is 1. The Labute approximate surface area is 122 Å². The lowest BCUT2D eigenvalue weighted by Crippen LogP contribution is -2.42. The van der Waals surface area contributed by atoms with Gasteiger partial charge in [-0.3, -0.25) is 9.59 Å². The van der Waals surface area contributed by atoms with Crippen molar-refractivity contribution in [3.63, 3.8) is 0 Å². The number of rotatable bonds is 2. The van der Waals surface area contributed by atoms with Gasteiger partial charge in [0.2, 0.25) is 0 Å². The highest BCUT2D eigenvalue weighted by atomic mass is 16.4. The first kappa shape index (κ1) is 13.7. The van der Waals surface area contributed by atoms with Crippen molar-refractivity contribution in [3.05, 3.63) is 35.5 Å². The summed E-state index contributed by atoms with van der Waals surface area (Å²) in [6, 6.07) is 7.69. The summed E-state index contributed by atoms with van der Waals surface area (Å²) in [5.41, 5.74) is 2.43. The molecule has 0 spiro atoms. The molecule has 0 aliphatic carbocycles. The molecular weight excluding hydrogens is 268 g/mol. The number of hydrogen-bond donors (Lipinski definition) is 2. The molecule has 0 saturated carbocycles. The lowest BCUT2D eigenvalue weighted by atomic mass is 9.97. The van der Waals surface area contributed by atoms with Crippen LogP contribution in [0.2, 0.25) is 0 Å². The molecule has 110 valence electrons. The number of carboxylic acids is 1.